The van der Waals surface area contributed by atoms with Crippen LogP contribution in [-0.2, 0) is 9.53 Å². The third-order valence-electron chi connectivity index (χ3n) is 5.23. The van der Waals surface area contributed by atoms with Crippen molar-refractivity contribution in [1.82, 2.24) is 19.7 Å². The van der Waals surface area contributed by atoms with Crippen molar-refractivity contribution in [1.29, 1.82) is 0 Å². The fourth-order valence-electron chi connectivity index (χ4n) is 3.91. The van der Waals surface area contributed by atoms with Gasteiger partial charge in [-0.3, -0.25) is 14.7 Å². The predicted molar refractivity (Wildman–Crippen MR) is 92.6 cm³/mol. The molecule has 3 rings (SSSR count). The highest BCUT2D eigenvalue weighted by Gasteiger charge is 2.36. The Bertz CT molecular complexity index is 553. The van der Waals surface area contributed by atoms with Gasteiger partial charge in [-0.15, -0.1) is 0 Å². The van der Waals surface area contributed by atoms with Gasteiger partial charge in [0.2, 0.25) is 0 Å². The van der Waals surface area contributed by atoms with Gasteiger partial charge in [-0.2, -0.15) is 0 Å². The molecule has 1 aromatic heterocycles. The van der Waals surface area contributed by atoms with E-state index >= 15 is 0 Å². The van der Waals surface area contributed by atoms with Crippen molar-refractivity contribution in [2.75, 3.05) is 53.9 Å². The molecule has 2 aliphatic heterocycles. The zero-order valence-electron chi connectivity index (χ0n) is 14.9. The van der Waals surface area contributed by atoms with Crippen LogP contribution < -0.4 is 0 Å². The number of likely N-dealkylation sites (tertiary alicyclic amines) is 1. The average Bonchev–Trinajstić information content (AvgIpc) is 2.95. The Hall–Kier alpha value is -1.50. The molecule has 6 heteroatoms. The smallest absolute Gasteiger partial charge is 0.252 e. The molecule has 0 aromatic carbocycles. The van der Waals surface area contributed by atoms with Crippen LogP contribution in [0.25, 0.3) is 0 Å². The summed E-state index contributed by atoms with van der Waals surface area (Å²) in [6.45, 7) is 4.01. The van der Waals surface area contributed by atoms with Crippen LogP contribution in [0.15, 0.2) is 24.5 Å². The van der Waals surface area contributed by atoms with E-state index in [1.54, 1.807) is 6.20 Å². The first kappa shape index (κ1) is 17.3. The average molecular weight is 332 g/mol. The van der Waals surface area contributed by atoms with Gasteiger partial charge in [0.1, 0.15) is 6.10 Å². The second-order valence-electron chi connectivity index (χ2n) is 7.10. The molecule has 3 atom stereocenters. The highest BCUT2D eigenvalue weighted by Crippen LogP contribution is 2.36. The summed E-state index contributed by atoms with van der Waals surface area (Å²) in [6.07, 6.45) is 4.52. The Morgan fingerprint density at radius 3 is 2.96 bits per heavy atom. The van der Waals surface area contributed by atoms with E-state index in [-0.39, 0.29) is 12.0 Å². The zero-order valence-corrected chi connectivity index (χ0v) is 14.9. The summed E-state index contributed by atoms with van der Waals surface area (Å²) in [5.74, 6) is 0.524. The monoisotopic (exact) mass is 332 g/mol. The Balaban J connectivity index is 1.64. The SMILES string of the molecule is CN1CCO[C@H](C(=O)N(C)C[C@@H]2CCN(C)[C@H]2c2cccnc2)C1. The Morgan fingerprint density at radius 2 is 2.25 bits per heavy atom. The topological polar surface area (TPSA) is 48.9 Å². The summed E-state index contributed by atoms with van der Waals surface area (Å²) in [5.41, 5.74) is 1.23. The molecule has 2 aliphatic rings. The number of likely N-dealkylation sites (N-methyl/N-ethyl adjacent to an activating group) is 2. The van der Waals surface area contributed by atoms with E-state index in [0.717, 1.165) is 26.1 Å². The highest BCUT2D eigenvalue weighted by molar-refractivity contribution is 5.81. The number of carbonyl (C=O) groups excluding carboxylic acids is 1. The van der Waals surface area contributed by atoms with E-state index in [4.69, 9.17) is 4.74 Å². The molecule has 6 nitrogen and oxygen atoms in total. The lowest BCUT2D eigenvalue weighted by Gasteiger charge is -2.33. The van der Waals surface area contributed by atoms with Gasteiger partial charge in [-0.1, -0.05) is 6.07 Å². The Kier molecular flexibility index (Phi) is 5.48. The number of hydrogen-bond donors (Lipinski definition) is 0. The van der Waals surface area contributed by atoms with Crippen LogP contribution in [0.1, 0.15) is 18.0 Å². The first-order valence-corrected chi connectivity index (χ1v) is 8.71. The number of hydrogen-bond acceptors (Lipinski definition) is 5. The number of morpholine rings is 1. The fraction of sp³-hybridized carbons (Fsp3) is 0.667. The fourth-order valence-corrected chi connectivity index (χ4v) is 3.91. The highest BCUT2D eigenvalue weighted by atomic mass is 16.5. The molecule has 0 N–H and O–H groups in total. The van der Waals surface area contributed by atoms with Gasteiger partial charge in [0, 0.05) is 45.1 Å². The van der Waals surface area contributed by atoms with Crippen LogP contribution in [-0.4, -0.2) is 85.6 Å². The third-order valence-corrected chi connectivity index (χ3v) is 5.23. The maximum absolute atomic E-state index is 12.7. The number of ether oxygens (including phenoxy) is 1. The van der Waals surface area contributed by atoms with Crippen LogP contribution in [0.4, 0.5) is 0 Å². The predicted octanol–water partition coefficient (Wildman–Crippen LogP) is 0.863. The molecular formula is C18H28N4O2. The molecule has 3 heterocycles. The van der Waals surface area contributed by atoms with Gasteiger partial charge in [-0.25, -0.2) is 0 Å². The van der Waals surface area contributed by atoms with Crippen molar-refractivity contribution >= 4 is 5.91 Å². The summed E-state index contributed by atoms with van der Waals surface area (Å²) in [5, 5.41) is 0. The summed E-state index contributed by atoms with van der Waals surface area (Å²) in [7, 11) is 6.09. The van der Waals surface area contributed by atoms with Crippen molar-refractivity contribution < 1.29 is 9.53 Å². The molecule has 1 aromatic rings. The standard InChI is InChI=1S/C18H28N4O2/c1-20-9-10-24-16(13-20)18(23)22(3)12-15-6-8-21(2)17(15)14-5-4-7-19-11-14/h4-5,7,11,15-17H,6,8-10,12-13H2,1-3H3/t15-,16-,17-/m0/s1. The molecule has 2 fully saturated rings. The van der Waals surface area contributed by atoms with E-state index in [2.05, 4.69) is 27.9 Å². The minimum absolute atomic E-state index is 0.0982. The van der Waals surface area contributed by atoms with Gasteiger partial charge in [-0.05, 0) is 44.6 Å². The minimum Gasteiger partial charge on any atom is -0.366 e. The van der Waals surface area contributed by atoms with Gasteiger partial charge in [0.05, 0.1) is 6.61 Å². The molecular weight excluding hydrogens is 304 g/mol. The second kappa shape index (κ2) is 7.59. The maximum Gasteiger partial charge on any atom is 0.252 e. The van der Waals surface area contributed by atoms with Gasteiger partial charge < -0.3 is 14.5 Å². The molecule has 24 heavy (non-hydrogen) atoms. The van der Waals surface area contributed by atoms with Crippen LogP contribution in [0.3, 0.4) is 0 Å². The van der Waals surface area contributed by atoms with E-state index < -0.39 is 0 Å². The molecule has 0 aliphatic carbocycles. The number of amides is 1. The third kappa shape index (κ3) is 3.77. The summed E-state index contributed by atoms with van der Waals surface area (Å²) < 4.78 is 5.68. The lowest BCUT2D eigenvalue weighted by molar-refractivity contribution is -0.148. The number of carbonyl (C=O) groups is 1. The van der Waals surface area contributed by atoms with Crippen LogP contribution in [0, 0.1) is 5.92 Å². The van der Waals surface area contributed by atoms with Crippen molar-refractivity contribution in [3.8, 4) is 0 Å². The molecule has 1 amide bonds. The summed E-state index contributed by atoms with van der Waals surface area (Å²) >= 11 is 0. The maximum atomic E-state index is 12.7. The van der Waals surface area contributed by atoms with E-state index in [1.165, 1.54) is 5.56 Å². The number of pyridine rings is 1. The van der Waals surface area contributed by atoms with Gasteiger partial charge in [0.25, 0.3) is 5.91 Å². The van der Waals surface area contributed by atoms with Crippen LogP contribution >= 0.6 is 0 Å². The molecule has 0 bridgehead atoms. The van der Waals surface area contributed by atoms with Crippen LogP contribution in [0.2, 0.25) is 0 Å². The lowest BCUT2D eigenvalue weighted by Crippen LogP contribution is -2.49. The quantitative estimate of drug-likeness (QED) is 0.819. The van der Waals surface area contributed by atoms with Crippen molar-refractivity contribution in [3.63, 3.8) is 0 Å². The molecule has 132 valence electrons. The van der Waals surface area contributed by atoms with E-state index in [0.29, 0.717) is 25.1 Å². The minimum atomic E-state index is -0.329. The summed E-state index contributed by atoms with van der Waals surface area (Å²) in [6, 6.07) is 4.44. The first-order chi connectivity index (χ1) is 11.6. The molecule has 0 radical (unpaired) electrons. The largest absolute Gasteiger partial charge is 0.366 e. The molecule has 0 spiro atoms. The molecule has 0 unspecified atom stereocenters. The molecule has 2 saturated heterocycles. The number of nitrogens with zero attached hydrogens (tertiary/aromatic N) is 4. The Labute approximate surface area is 144 Å². The second-order valence-corrected chi connectivity index (χ2v) is 7.10. The number of rotatable bonds is 4. The number of aromatic nitrogens is 1. The normalized spacial score (nSPS) is 28.9. The lowest BCUT2D eigenvalue weighted by atomic mass is 9.94. The van der Waals surface area contributed by atoms with Gasteiger partial charge in [0.15, 0.2) is 0 Å². The van der Waals surface area contributed by atoms with Crippen LogP contribution in [0.5, 0.6) is 0 Å². The van der Waals surface area contributed by atoms with Gasteiger partial charge >= 0.3 is 0 Å². The van der Waals surface area contributed by atoms with E-state index in [9.17, 15) is 4.79 Å². The summed E-state index contributed by atoms with van der Waals surface area (Å²) in [4.78, 5) is 23.3. The van der Waals surface area contributed by atoms with Crippen molar-refractivity contribution in [2.24, 2.45) is 5.92 Å². The Morgan fingerprint density at radius 1 is 1.42 bits per heavy atom. The first-order valence-electron chi connectivity index (χ1n) is 8.71. The van der Waals surface area contributed by atoms with Crippen molar-refractivity contribution in [3.05, 3.63) is 30.1 Å². The zero-order chi connectivity index (χ0) is 17.1. The van der Waals surface area contributed by atoms with E-state index in [1.807, 2.05) is 31.3 Å². The van der Waals surface area contributed by atoms with Crippen molar-refractivity contribution in [2.45, 2.75) is 18.6 Å². The molecule has 0 saturated carbocycles.